The Hall–Kier alpha value is -1.88. The van der Waals surface area contributed by atoms with Gasteiger partial charge in [0.25, 0.3) is 0 Å². The SMILES string of the molecule is Cc1c2c(cc(Cl)c1-c1cnoc1N)OCCCO2. The third-order valence-electron chi connectivity index (χ3n) is 3.10. The summed E-state index contributed by atoms with van der Waals surface area (Å²) >= 11 is 6.32. The first kappa shape index (κ1) is 12.2. The molecule has 0 fully saturated rings. The number of anilines is 1. The van der Waals surface area contributed by atoms with Gasteiger partial charge in [-0.3, -0.25) is 0 Å². The molecular weight excluding hydrogens is 268 g/mol. The van der Waals surface area contributed by atoms with Gasteiger partial charge in [0.05, 0.1) is 30.0 Å². The van der Waals surface area contributed by atoms with Crippen LogP contribution in [0.25, 0.3) is 11.1 Å². The van der Waals surface area contributed by atoms with Gasteiger partial charge in [0.2, 0.25) is 5.88 Å². The van der Waals surface area contributed by atoms with Gasteiger partial charge < -0.3 is 19.7 Å². The summed E-state index contributed by atoms with van der Waals surface area (Å²) < 4.78 is 16.3. The van der Waals surface area contributed by atoms with Crippen LogP contribution in [0, 0.1) is 6.92 Å². The van der Waals surface area contributed by atoms with Gasteiger partial charge in [-0.05, 0) is 6.92 Å². The molecule has 1 aliphatic rings. The number of nitrogens with zero attached hydrogens (tertiary/aromatic N) is 1. The fraction of sp³-hybridized carbons (Fsp3) is 0.308. The van der Waals surface area contributed by atoms with E-state index in [-0.39, 0.29) is 5.88 Å². The van der Waals surface area contributed by atoms with Gasteiger partial charge in [-0.1, -0.05) is 16.8 Å². The summed E-state index contributed by atoms with van der Waals surface area (Å²) in [6, 6.07) is 1.75. The predicted octanol–water partition coefficient (Wildman–Crippen LogP) is 3.05. The van der Waals surface area contributed by atoms with Crippen LogP contribution in [0.15, 0.2) is 16.8 Å². The molecule has 0 atom stereocenters. The number of fused-ring (bicyclic) bond motifs is 1. The molecule has 1 aromatic heterocycles. The summed E-state index contributed by atoms with van der Waals surface area (Å²) in [5.41, 5.74) is 8.06. The summed E-state index contributed by atoms with van der Waals surface area (Å²) in [5.74, 6) is 1.61. The maximum Gasteiger partial charge on any atom is 0.230 e. The van der Waals surface area contributed by atoms with E-state index in [9.17, 15) is 0 Å². The number of hydrogen-bond acceptors (Lipinski definition) is 5. The fourth-order valence-electron chi connectivity index (χ4n) is 2.20. The molecule has 5 nitrogen and oxygen atoms in total. The Balaban J connectivity index is 2.21. The monoisotopic (exact) mass is 280 g/mol. The highest BCUT2D eigenvalue weighted by molar-refractivity contribution is 6.34. The minimum atomic E-state index is 0.236. The molecule has 0 bridgehead atoms. The molecule has 1 aromatic carbocycles. The molecule has 0 saturated carbocycles. The van der Waals surface area contributed by atoms with E-state index >= 15 is 0 Å². The van der Waals surface area contributed by atoms with Crippen LogP contribution < -0.4 is 15.2 Å². The molecule has 2 N–H and O–H groups in total. The van der Waals surface area contributed by atoms with Crippen molar-refractivity contribution < 1.29 is 14.0 Å². The molecule has 100 valence electrons. The van der Waals surface area contributed by atoms with Crippen LogP contribution in [0.3, 0.4) is 0 Å². The highest BCUT2D eigenvalue weighted by Crippen LogP contribution is 2.44. The van der Waals surface area contributed by atoms with E-state index in [2.05, 4.69) is 5.16 Å². The third-order valence-corrected chi connectivity index (χ3v) is 3.39. The lowest BCUT2D eigenvalue weighted by Crippen LogP contribution is -1.98. The van der Waals surface area contributed by atoms with Gasteiger partial charge in [0.15, 0.2) is 11.5 Å². The molecule has 0 saturated heterocycles. The molecule has 0 spiro atoms. The Labute approximate surface area is 115 Å². The average molecular weight is 281 g/mol. The maximum atomic E-state index is 6.32. The zero-order valence-electron chi connectivity index (χ0n) is 10.4. The average Bonchev–Trinajstić information content (AvgIpc) is 2.65. The van der Waals surface area contributed by atoms with Crippen molar-refractivity contribution in [3.63, 3.8) is 0 Å². The van der Waals surface area contributed by atoms with Crippen LogP contribution >= 0.6 is 11.6 Å². The lowest BCUT2D eigenvalue weighted by atomic mass is 10.0. The Morgan fingerprint density at radius 2 is 2.11 bits per heavy atom. The van der Waals surface area contributed by atoms with Crippen molar-refractivity contribution in [3.8, 4) is 22.6 Å². The van der Waals surface area contributed by atoms with Crippen LogP contribution in [0.2, 0.25) is 5.02 Å². The van der Waals surface area contributed by atoms with Gasteiger partial charge >= 0.3 is 0 Å². The fourth-order valence-corrected chi connectivity index (χ4v) is 2.54. The van der Waals surface area contributed by atoms with Gasteiger partial charge in [0.1, 0.15) is 0 Å². The first-order valence-electron chi connectivity index (χ1n) is 5.97. The first-order valence-corrected chi connectivity index (χ1v) is 6.35. The van der Waals surface area contributed by atoms with Gasteiger partial charge in [-0.15, -0.1) is 0 Å². The van der Waals surface area contributed by atoms with Gasteiger partial charge in [-0.2, -0.15) is 0 Å². The smallest absolute Gasteiger partial charge is 0.230 e. The highest BCUT2D eigenvalue weighted by atomic mass is 35.5. The maximum absolute atomic E-state index is 6.32. The Morgan fingerprint density at radius 3 is 2.84 bits per heavy atom. The Kier molecular flexibility index (Phi) is 2.98. The van der Waals surface area contributed by atoms with Crippen LogP contribution in [0.4, 0.5) is 5.88 Å². The first-order chi connectivity index (χ1) is 9.18. The van der Waals surface area contributed by atoms with E-state index in [0.717, 1.165) is 17.5 Å². The molecule has 6 heteroatoms. The summed E-state index contributed by atoms with van der Waals surface area (Å²) in [7, 11) is 0. The molecule has 0 radical (unpaired) electrons. The van der Waals surface area contributed by atoms with E-state index < -0.39 is 0 Å². The summed E-state index contributed by atoms with van der Waals surface area (Å²) in [5, 5.41) is 4.22. The van der Waals surface area contributed by atoms with Crippen molar-refractivity contribution in [1.82, 2.24) is 5.16 Å². The number of halogens is 1. The predicted molar refractivity (Wildman–Crippen MR) is 71.7 cm³/mol. The van der Waals surface area contributed by atoms with Crippen molar-refractivity contribution in [3.05, 3.63) is 22.8 Å². The molecule has 0 aliphatic carbocycles. The summed E-state index contributed by atoms with van der Waals surface area (Å²) in [4.78, 5) is 0. The molecule has 2 heterocycles. The number of nitrogens with two attached hydrogens (primary N) is 1. The standard InChI is InChI=1S/C13H13ClN2O3/c1-7-11(8-6-16-19-13(8)15)9(14)5-10-12(7)18-4-2-3-17-10/h5-6H,2-4,15H2,1H3. The normalized spacial score (nSPS) is 14.2. The topological polar surface area (TPSA) is 70.5 Å². The van der Waals surface area contributed by atoms with Crippen LogP contribution in [-0.2, 0) is 0 Å². The molecule has 2 aromatic rings. The van der Waals surface area contributed by atoms with Gasteiger partial charge in [-0.25, -0.2) is 0 Å². The van der Waals surface area contributed by atoms with Crippen LogP contribution in [-0.4, -0.2) is 18.4 Å². The van der Waals surface area contributed by atoms with Crippen molar-refractivity contribution in [1.29, 1.82) is 0 Å². The van der Waals surface area contributed by atoms with Crippen LogP contribution in [0.1, 0.15) is 12.0 Å². The molecule has 3 rings (SSSR count). The zero-order chi connectivity index (χ0) is 13.4. The number of rotatable bonds is 1. The number of nitrogen functional groups attached to an aromatic ring is 1. The molecule has 0 amide bonds. The second-order valence-corrected chi connectivity index (χ2v) is 4.75. The summed E-state index contributed by atoms with van der Waals surface area (Å²) in [6.45, 7) is 3.16. The number of ether oxygens (including phenoxy) is 2. The van der Waals surface area contributed by atoms with Crippen molar-refractivity contribution >= 4 is 17.5 Å². The minimum Gasteiger partial charge on any atom is -0.489 e. The Bertz CT molecular complexity index is 625. The number of aromatic nitrogens is 1. The van der Waals surface area contributed by atoms with Crippen molar-refractivity contribution in [2.45, 2.75) is 13.3 Å². The second kappa shape index (κ2) is 4.66. The quantitative estimate of drug-likeness (QED) is 0.869. The summed E-state index contributed by atoms with van der Waals surface area (Å²) in [6.07, 6.45) is 2.39. The largest absolute Gasteiger partial charge is 0.489 e. The number of benzene rings is 1. The number of hydrogen-bond donors (Lipinski definition) is 1. The third kappa shape index (κ3) is 2.00. The van der Waals surface area contributed by atoms with E-state index in [1.807, 2.05) is 6.92 Å². The van der Waals surface area contributed by atoms with E-state index in [1.165, 1.54) is 0 Å². The van der Waals surface area contributed by atoms with Gasteiger partial charge in [0, 0.05) is 23.6 Å². The zero-order valence-corrected chi connectivity index (χ0v) is 11.2. The lowest BCUT2D eigenvalue weighted by molar-refractivity contribution is 0.296. The van der Waals surface area contributed by atoms with E-state index in [0.29, 0.717) is 35.3 Å². The highest BCUT2D eigenvalue weighted by Gasteiger charge is 2.22. The minimum absolute atomic E-state index is 0.236. The molecule has 0 unspecified atom stereocenters. The van der Waals surface area contributed by atoms with E-state index in [1.54, 1.807) is 12.3 Å². The molecule has 19 heavy (non-hydrogen) atoms. The molecular formula is C13H13ClN2O3. The van der Waals surface area contributed by atoms with Crippen LogP contribution in [0.5, 0.6) is 11.5 Å². The Morgan fingerprint density at radius 1 is 1.32 bits per heavy atom. The second-order valence-electron chi connectivity index (χ2n) is 4.34. The van der Waals surface area contributed by atoms with Crippen molar-refractivity contribution in [2.75, 3.05) is 18.9 Å². The van der Waals surface area contributed by atoms with E-state index in [4.69, 9.17) is 31.3 Å². The lowest BCUT2D eigenvalue weighted by Gasteiger charge is -2.15. The molecule has 1 aliphatic heterocycles. The van der Waals surface area contributed by atoms with Crippen molar-refractivity contribution in [2.24, 2.45) is 0 Å².